The Kier molecular flexibility index (Phi) is 4.45. The predicted octanol–water partition coefficient (Wildman–Crippen LogP) is 2.58. The Balaban J connectivity index is 1.90. The molecule has 2 unspecified atom stereocenters. The Morgan fingerprint density at radius 1 is 1.07 bits per heavy atom. The van der Waals surface area contributed by atoms with Gasteiger partial charge in [-0.15, -0.1) is 0 Å². The van der Waals surface area contributed by atoms with Gasteiger partial charge in [0.1, 0.15) is 0 Å². The first-order valence-electron chi connectivity index (χ1n) is 6.68. The van der Waals surface area contributed by atoms with E-state index in [1.807, 2.05) is 0 Å². The van der Waals surface area contributed by atoms with Gasteiger partial charge in [-0.25, -0.2) is 0 Å². The maximum atomic E-state index is 6.04. The predicted molar refractivity (Wildman–Crippen MR) is 63.0 cm³/mol. The van der Waals surface area contributed by atoms with Crippen molar-refractivity contribution < 1.29 is 4.74 Å². The largest absolute Gasteiger partial charge is 0.378 e. The maximum absolute atomic E-state index is 6.04. The van der Waals surface area contributed by atoms with E-state index < -0.39 is 0 Å². The first kappa shape index (κ1) is 11.4. The van der Waals surface area contributed by atoms with Crippen LogP contribution < -0.4 is 5.32 Å². The summed E-state index contributed by atoms with van der Waals surface area (Å²) in [4.78, 5) is 0. The molecular formula is C13H25NO. The van der Waals surface area contributed by atoms with E-state index in [1.165, 1.54) is 44.9 Å². The average Bonchev–Trinajstić information content (AvgIpc) is 2.31. The van der Waals surface area contributed by atoms with E-state index >= 15 is 0 Å². The number of rotatable bonds is 3. The van der Waals surface area contributed by atoms with Crippen molar-refractivity contribution in [1.29, 1.82) is 0 Å². The van der Waals surface area contributed by atoms with Gasteiger partial charge in [-0.05, 0) is 44.6 Å². The van der Waals surface area contributed by atoms with E-state index in [0.717, 1.165) is 25.0 Å². The first-order valence-corrected chi connectivity index (χ1v) is 6.68. The molecule has 0 aromatic rings. The summed E-state index contributed by atoms with van der Waals surface area (Å²) in [5, 5.41) is 3.33. The van der Waals surface area contributed by atoms with Crippen LogP contribution in [0, 0.1) is 11.8 Å². The minimum atomic E-state index is 0.562. The van der Waals surface area contributed by atoms with Crippen molar-refractivity contribution in [1.82, 2.24) is 5.32 Å². The summed E-state index contributed by atoms with van der Waals surface area (Å²) < 4.78 is 6.04. The van der Waals surface area contributed by atoms with Gasteiger partial charge in [-0.3, -0.25) is 0 Å². The highest BCUT2D eigenvalue weighted by Crippen LogP contribution is 2.34. The molecule has 1 aliphatic heterocycles. The fourth-order valence-electron chi connectivity index (χ4n) is 3.33. The molecule has 1 saturated carbocycles. The number of hydrogen-bond acceptors (Lipinski definition) is 2. The molecule has 0 aromatic heterocycles. The zero-order valence-electron chi connectivity index (χ0n) is 10.0. The van der Waals surface area contributed by atoms with Crippen LogP contribution in [-0.2, 0) is 4.74 Å². The topological polar surface area (TPSA) is 21.3 Å². The Morgan fingerprint density at radius 2 is 1.87 bits per heavy atom. The minimum absolute atomic E-state index is 0.562. The van der Waals surface area contributed by atoms with Crippen LogP contribution in [0.1, 0.15) is 44.9 Å². The normalized spacial score (nSPS) is 34.2. The molecule has 0 bridgehead atoms. The Bertz CT molecular complexity index is 165. The van der Waals surface area contributed by atoms with Crippen LogP contribution in [0.2, 0.25) is 0 Å². The van der Waals surface area contributed by atoms with E-state index in [0.29, 0.717) is 6.10 Å². The lowest BCUT2D eigenvalue weighted by molar-refractivity contribution is -0.0674. The molecule has 1 N–H and O–H groups in total. The number of ether oxygens (including phenoxy) is 1. The second-order valence-electron chi connectivity index (χ2n) is 5.19. The molecule has 2 fully saturated rings. The monoisotopic (exact) mass is 211 g/mol. The Morgan fingerprint density at radius 3 is 2.60 bits per heavy atom. The van der Waals surface area contributed by atoms with Crippen molar-refractivity contribution in [3.05, 3.63) is 0 Å². The van der Waals surface area contributed by atoms with E-state index in [1.54, 1.807) is 0 Å². The van der Waals surface area contributed by atoms with Crippen molar-refractivity contribution in [2.75, 3.05) is 20.2 Å². The summed E-state index contributed by atoms with van der Waals surface area (Å²) in [6, 6.07) is 0. The highest BCUT2D eigenvalue weighted by atomic mass is 16.5. The van der Waals surface area contributed by atoms with Gasteiger partial charge in [0.05, 0.1) is 6.10 Å². The summed E-state index contributed by atoms with van der Waals surface area (Å²) in [5.41, 5.74) is 0. The first-order chi connectivity index (χ1) is 7.42. The van der Waals surface area contributed by atoms with E-state index in [4.69, 9.17) is 4.74 Å². The van der Waals surface area contributed by atoms with Crippen molar-refractivity contribution >= 4 is 0 Å². The van der Waals surface area contributed by atoms with Crippen molar-refractivity contribution in [2.45, 2.75) is 51.0 Å². The standard InChI is InChI=1S/C13H25NO/c1-14-10-12-8-5-9-15-13(12)11-6-3-2-4-7-11/h11-14H,2-10H2,1H3. The van der Waals surface area contributed by atoms with Crippen LogP contribution in [0.3, 0.4) is 0 Å². The third kappa shape index (κ3) is 2.94. The lowest BCUT2D eigenvalue weighted by Crippen LogP contribution is -2.41. The smallest absolute Gasteiger partial charge is 0.0643 e. The maximum Gasteiger partial charge on any atom is 0.0643 e. The summed E-state index contributed by atoms with van der Waals surface area (Å²) in [6.45, 7) is 2.14. The summed E-state index contributed by atoms with van der Waals surface area (Å²) in [6.07, 6.45) is 10.3. The highest BCUT2D eigenvalue weighted by Gasteiger charge is 2.32. The molecule has 0 aromatic carbocycles. The number of nitrogens with one attached hydrogen (secondary N) is 1. The Hall–Kier alpha value is -0.0800. The molecule has 2 atom stereocenters. The molecule has 2 aliphatic rings. The third-order valence-electron chi connectivity index (χ3n) is 4.07. The highest BCUT2D eigenvalue weighted by molar-refractivity contribution is 4.83. The van der Waals surface area contributed by atoms with Crippen LogP contribution in [0.25, 0.3) is 0 Å². The lowest BCUT2D eigenvalue weighted by Gasteiger charge is -2.38. The summed E-state index contributed by atoms with van der Waals surface area (Å²) in [7, 11) is 2.06. The van der Waals surface area contributed by atoms with E-state index in [9.17, 15) is 0 Å². The molecule has 15 heavy (non-hydrogen) atoms. The molecule has 1 heterocycles. The quantitative estimate of drug-likeness (QED) is 0.774. The molecule has 0 amide bonds. The fourth-order valence-corrected chi connectivity index (χ4v) is 3.33. The van der Waals surface area contributed by atoms with Gasteiger partial charge in [-0.2, -0.15) is 0 Å². The SMILES string of the molecule is CNCC1CCCOC1C1CCCCC1. The molecule has 0 spiro atoms. The molecule has 1 aliphatic carbocycles. The van der Waals surface area contributed by atoms with Crippen LogP contribution in [0.15, 0.2) is 0 Å². The summed E-state index contributed by atoms with van der Waals surface area (Å²) >= 11 is 0. The second-order valence-corrected chi connectivity index (χ2v) is 5.19. The molecular weight excluding hydrogens is 186 g/mol. The second kappa shape index (κ2) is 5.86. The van der Waals surface area contributed by atoms with Crippen molar-refractivity contribution in [2.24, 2.45) is 11.8 Å². The van der Waals surface area contributed by atoms with E-state index in [2.05, 4.69) is 12.4 Å². The molecule has 2 rings (SSSR count). The van der Waals surface area contributed by atoms with Gasteiger partial charge in [-0.1, -0.05) is 19.3 Å². The van der Waals surface area contributed by atoms with Crippen molar-refractivity contribution in [3.63, 3.8) is 0 Å². The van der Waals surface area contributed by atoms with Gasteiger partial charge < -0.3 is 10.1 Å². The molecule has 88 valence electrons. The fraction of sp³-hybridized carbons (Fsp3) is 1.00. The zero-order valence-corrected chi connectivity index (χ0v) is 10.0. The van der Waals surface area contributed by atoms with Gasteiger partial charge in [0, 0.05) is 13.2 Å². The van der Waals surface area contributed by atoms with Crippen molar-refractivity contribution in [3.8, 4) is 0 Å². The van der Waals surface area contributed by atoms with Crippen LogP contribution in [0.4, 0.5) is 0 Å². The molecule has 2 heteroatoms. The van der Waals surface area contributed by atoms with E-state index in [-0.39, 0.29) is 0 Å². The number of hydrogen-bond donors (Lipinski definition) is 1. The molecule has 0 radical (unpaired) electrons. The average molecular weight is 211 g/mol. The Labute approximate surface area is 93.8 Å². The van der Waals surface area contributed by atoms with Crippen LogP contribution in [-0.4, -0.2) is 26.3 Å². The zero-order chi connectivity index (χ0) is 10.5. The minimum Gasteiger partial charge on any atom is -0.378 e. The van der Waals surface area contributed by atoms with Crippen LogP contribution in [0.5, 0.6) is 0 Å². The van der Waals surface area contributed by atoms with Crippen LogP contribution >= 0.6 is 0 Å². The summed E-state index contributed by atoms with van der Waals surface area (Å²) in [5.74, 6) is 1.63. The van der Waals surface area contributed by atoms with Gasteiger partial charge in [0.25, 0.3) is 0 Å². The van der Waals surface area contributed by atoms with Gasteiger partial charge in [0.15, 0.2) is 0 Å². The van der Waals surface area contributed by atoms with Gasteiger partial charge >= 0.3 is 0 Å². The molecule has 2 nitrogen and oxygen atoms in total. The van der Waals surface area contributed by atoms with Gasteiger partial charge in [0.2, 0.25) is 0 Å². The molecule has 1 saturated heterocycles. The lowest BCUT2D eigenvalue weighted by atomic mass is 9.78. The third-order valence-corrected chi connectivity index (χ3v) is 4.07.